The first-order valence-electron chi connectivity index (χ1n) is 7.59. The Morgan fingerprint density at radius 2 is 1.86 bits per heavy atom. The van der Waals surface area contributed by atoms with Gasteiger partial charge < -0.3 is 10.2 Å². The molecule has 3 rings (SSSR count). The first-order valence-corrected chi connectivity index (χ1v) is 7.59. The van der Waals surface area contributed by atoms with Crippen LogP contribution in [0.4, 0.5) is 14.5 Å². The number of benzene rings is 1. The van der Waals surface area contributed by atoms with Gasteiger partial charge >= 0.3 is 0 Å². The molecule has 1 amide bonds. The summed E-state index contributed by atoms with van der Waals surface area (Å²) in [6, 6.07) is 2.52. The lowest BCUT2D eigenvalue weighted by molar-refractivity contribution is 0.0547. The van der Waals surface area contributed by atoms with Gasteiger partial charge in [-0.15, -0.1) is 0 Å². The standard InChI is InChI=1S/C16H20F2N2O/c1-19-15-12(17)8-11(9-13(15)18)16(21)20-7-3-5-10-4-2-6-14(10)20/h8-10,14,19H,2-7H2,1H3. The highest BCUT2D eigenvalue weighted by Gasteiger charge is 2.37. The van der Waals surface area contributed by atoms with Crippen LogP contribution in [0.15, 0.2) is 12.1 Å². The Balaban J connectivity index is 1.88. The van der Waals surface area contributed by atoms with E-state index in [-0.39, 0.29) is 23.2 Å². The van der Waals surface area contributed by atoms with E-state index in [1.807, 2.05) is 4.90 Å². The third-order valence-corrected chi connectivity index (χ3v) is 4.79. The van der Waals surface area contributed by atoms with E-state index in [1.165, 1.54) is 7.05 Å². The number of anilines is 1. The predicted molar refractivity (Wildman–Crippen MR) is 77.3 cm³/mol. The fourth-order valence-corrected chi connectivity index (χ4v) is 3.81. The van der Waals surface area contributed by atoms with Gasteiger partial charge in [0.15, 0.2) is 0 Å². The van der Waals surface area contributed by atoms with E-state index in [0.29, 0.717) is 12.5 Å². The highest BCUT2D eigenvalue weighted by Crippen LogP contribution is 2.37. The van der Waals surface area contributed by atoms with Crippen LogP contribution in [0.5, 0.6) is 0 Å². The van der Waals surface area contributed by atoms with Gasteiger partial charge in [0.25, 0.3) is 5.91 Å². The monoisotopic (exact) mass is 294 g/mol. The number of nitrogens with one attached hydrogen (secondary N) is 1. The molecule has 0 bridgehead atoms. The molecule has 2 aliphatic rings. The fourth-order valence-electron chi connectivity index (χ4n) is 3.81. The Bertz CT molecular complexity index is 538. The predicted octanol–water partition coefficient (Wildman–Crippen LogP) is 3.41. The molecule has 1 saturated carbocycles. The van der Waals surface area contributed by atoms with E-state index in [9.17, 15) is 13.6 Å². The second-order valence-electron chi connectivity index (χ2n) is 5.96. The van der Waals surface area contributed by atoms with Gasteiger partial charge in [-0.1, -0.05) is 6.42 Å². The van der Waals surface area contributed by atoms with E-state index in [0.717, 1.165) is 44.2 Å². The van der Waals surface area contributed by atoms with Crippen molar-refractivity contribution in [2.24, 2.45) is 5.92 Å². The van der Waals surface area contributed by atoms with Crippen molar-refractivity contribution in [3.05, 3.63) is 29.3 Å². The van der Waals surface area contributed by atoms with Crippen LogP contribution in [0.2, 0.25) is 0 Å². The number of fused-ring (bicyclic) bond motifs is 1. The van der Waals surface area contributed by atoms with Crippen LogP contribution < -0.4 is 5.32 Å². The average Bonchev–Trinajstić information content (AvgIpc) is 2.94. The highest BCUT2D eigenvalue weighted by atomic mass is 19.1. The molecule has 5 heteroatoms. The molecule has 1 aromatic carbocycles. The molecule has 1 saturated heterocycles. The van der Waals surface area contributed by atoms with Crippen molar-refractivity contribution in [3.63, 3.8) is 0 Å². The number of carbonyl (C=O) groups is 1. The number of hydrogen-bond acceptors (Lipinski definition) is 2. The Labute approximate surface area is 123 Å². The smallest absolute Gasteiger partial charge is 0.254 e. The van der Waals surface area contributed by atoms with Gasteiger partial charge in [-0.3, -0.25) is 4.79 Å². The van der Waals surface area contributed by atoms with Crippen molar-refractivity contribution in [2.45, 2.75) is 38.1 Å². The second kappa shape index (κ2) is 5.62. The Hall–Kier alpha value is -1.65. The molecule has 3 nitrogen and oxygen atoms in total. The van der Waals surface area contributed by atoms with Crippen molar-refractivity contribution in [2.75, 3.05) is 18.9 Å². The lowest BCUT2D eigenvalue weighted by atomic mass is 9.91. The molecule has 0 spiro atoms. The van der Waals surface area contributed by atoms with Crippen LogP contribution in [0.1, 0.15) is 42.5 Å². The summed E-state index contributed by atoms with van der Waals surface area (Å²) in [5.41, 5.74) is -0.0829. The molecular weight excluding hydrogens is 274 g/mol. The summed E-state index contributed by atoms with van der Waals surface area (Å²) in [7, 11) is 1.46. The summed E-state index contributed by atoms with van der Waals surface area (Å²) >= 11 is 0. The van der Waals surface area contributed by atoms with E-state index in [2.05, 4.69) is 5.32 Å². The molecule has 1 aliphatic heterocycles. The van der Waals surface area contributed by atoms with Gasteiger partial charge in [-0.25, -0.2) is 8.78 Å². The Kier molecular flexibility index (Phi) is 3.83. The van der Waals surface area contributed by atoms with Gasteiger partial charge in [0.2, 0.25) is 0 Å². The zero-order valence-electron chi connectivity index (χ0n) is 12.2. The minimum absolute atomic E-state index is 0.108. The molecule has 2 atom stereocenters. The maximum absolute atomic E-state index is 13.8. The van der Waals surface area contributed by atoms with Gasteiger partial charge in [-0.05, 0) is 43.7 Å². The minimum Gasteiger partial charge on any atom is -0.383 e. The zero-order chi connectivity index (χ0) is 15.0. The maximum atomic E-state index is 13.8. The van der Waals surface area contributed by atoms with Gasteiger partial charge in [-0.2, -0.15) is 0 Å². The Morgan fingerprint density at radius 3 is 2.52 bits per heavy atom. The van der Waals surface area contributed by atoms with Crippen molar-refractivity contribution >= 4 is 11.6 Å². The highest BCUT2D eigenvalue weighted by molar-refractivity contribution is 5.95. The number of halogens is 2. The van der Waals surface area contributed by atoms with Crippen LogP contribution >= 0.6 is 0 Å². The Morgan fingerprint density at radius 1 is 1.19 bits per heavy atom. The minimum atomic E-state index is -0.721. The van der Waals surface area contributed by atoms with Crippen molar-refractivity contribution < 1.29 is 13.6 Å². The van der Waals surface area contributed by atoms with Crippen LogP contribution in [-0.4, -0.2) is 30.4 Å². The fraction of sp³-hybridized carbons (Fsp3) is 0.562. The SMILES string of the molecule is CNc1c(F)cc(C(=O)N2CCCC3CCCC32)cc1F. The lowest BCUT2D eigenvalue weighted by Gasteiger charge is -2.37. The summed E-state index contributed by atoms with van der Waals surface area (Å²) in [5, 5.41) is 2.47. The molecule has 1 heterocycles. The summed E-state index contributed by atoms with van der Waals surface area (Å²) in [5.74, 6) is -1.12. The number of carbonyl (C=O) groups excluding carboxylic acids is 1. The van der Waals surface area contributed by atoms with E-state index in [1.54, 1.807) is 0 Å². The molecule has 1 aromatic rings. The molecule has 2 unspecified atom stereocenters. The van der Waals surface area contributed by atoms with Crippen LogP contribution in [0.3, 0.4) is 0 Å². The third kappa shape index (κ3) is 2.49. The average molecular weight is 294 g/mol. The molecule has 114 valence electrons. The second-order valence-corrected chi connectivity index (χ2v) is 5.96. The maximum Gasteiger partial charge on any atom is 0.254 e. The normalized spacial score (nSPS) is 24.8. The largest absolute Gasteiger partial charge is 0.383 e. The van der Waals surface area contributed by atoms with Gasteiger partial charge in [0.1, 0.15) is 17.3 Å². The zero-order valence-corrected chi connectivity index (χ0v) is 12.2. The first kappa shape index (κ1) is 14.3. The number of amides is 1. The van der Waals surface area contributed by atoms with Crippen LogP contribution in [0.25, 0.3) is 0 Å². The molecular formula is C16H20F2N2O. The van der Waals surface area contributed by atoms with Gasteiger partial charge in [0.05, 0.1) is 0 Å². The van der Waals surface area contributed by atoms with E-state index in [4.69, 9.17) is 0 Å². The number of likely N-dealkylation sites (tertiary alicyclic amines) is 1. The molecule has 1 aliphatic carbocycles. The summed E-state index contributed by atoms with van der Waals surface area (Å²) in [6.45, 7) is 0.691. The summed E-state index contributed by atoms with van der Waals surface area (Å²) in [4.78, 5) is 14.4. The molecule has 0 aromatic heterocycles. The topological polar surface area (TPSA) is 32.3 Å². The van der Waals surface area contributed by atoms with Crippen molar-refractivity contribution in [1.82, 2.24) is 4.90 Å². The first-order chi connectivity index (χ1) is 10.1. The van der Waals surface area contributed by atoms with Crippen LogP contribution in [-0.2, 0) is 0 Å². The number of nitrogens with zero attached hydrogens (tertiary/aromatic N) is 1. The number of hydrogen-bond donors (Lipinski definition) is 1. The van der Waals surface area contributed by atoms with E-state index < -0.39 is 11.6 Å². The quantitative estimate of drug-likeness (QED) is 0.906. The van der Waals surface area contributed by atoms with Crippen molar-refractivity contribution in [1.29, 1.82) is 0 Å². The lowest BCUT2D eigenvalue weighted by Crippen LogP contribution is -2.46. The van der Waals surface area contributed by atoms with Gasteiger partial charge in [0, 0.05) is 25.2 Å². The molecule has 0 radical (unpaired) electrons. The third-order valence-electron chi connectivity index (χ3n) is 4.79. The van der Waals surface area contributed by atoms with Crippen molar-refractivity contribution in [3.8, 4) is 0 Å². The number of rotatable bonds is 2. The summed E-state index contributed by atoms with van der Waals surface area (Å²) in [6.07, 6.45) is 5.45. The van der Waals surface area contributed by atoms with E-state index >= 15 is 0 Å². The molecule has 2 fully saturated rings. The number of piperidine rings is 1. The molecule has 1 N–H and O–H groups in total. The van der Waals surface area contributed by atoms with Crippen LogP contribution in [0, 0.1) is 17.6 Å². The molecule has 21 heavy (non-hydrogen) atoms. The summed E-state index contributed by atoms with van der Waals surface area (Å²) < 4.78 is 27.7.